The molecule has 1 aliphatic rings. The summed E-state index contributed by atoms with van der Waals surface area (Å²) in [6, 6.07) is 11.2. The van der Waals surface area contributed by atoms with Gasteiger partial charge in [-0.3, -0.25) is 4.79 Å². The van der Waals surface area contributed by atoms with Gasteiger partial charge in [-0.1, -0.05) is 23.9 Å². The van der Waals surface area contributed by atoms with E-state index in [0.29, 0.717) is 11.3 Å². The van der Waals surface area contributed by atoms with Crippen LogP contribution in [0.5, 0.6) is 0 Å². The van der Waals surface area contributed by atoms with Crippen LogP contribution >= 0.6 is 11.8 Å². The van der Waals surface area contributed by atoms with E-state index in [9.17, 15) is 26.4 Å². The van der Waals surface area contributed by atoms with E-state index in [1.807, 2.05) is 0 Å². The Bertz CT molecular complexity index is 1230. The third-order valence-corrected chi connectivity index (χ3v) is 6.67. The predicted octanol–water partition coefficient (Wildman–Crippen LogP) is 4.01. The van der Waals surface area contributed by atoms with Crippen molar-refractivity contribution in [3.05, 3.63) is 71.2 Å². The van der Waals surface area contributed by atoms with Gasteiger partial charge in [0.25, 0.3) is 11.7 Å². The standard InChI is InChI=1S/C19H14F3N3O3S2/c20-11-5-7-12(8-6-11)25-17(14-9-30(27,28)10-15(14)24-25)23-18(26)13-3-1-2-4-16(13)29-19(21)22/h1-8,19H,9-10H2,(H,23,26). The second-order valence-corrected chi connectivity index (χ2v) is 9.62. The van der Waals surface area contributed by atoms with Crippen molar-refractivity contribution in [1.82, 2.24) is 9.78 Å². The van der Waals surface area contributed by atoms with Crippen molar-refractivity contribution in [1.29, 1.82) is 0 Å². The van der Waals surface area contributed by atoms with Gasteiger partial charge in [0.2, 0.25) is 0 Å². The largest absolute Gasteiger partial charge is 0.306 e. The van der Waals surface area contributed by atoms with Gasteiger partial charge in [-0.2, -0.15) is 13.9 Å². The van der Waals surface area contributed by atoms with Crippen LogP contribution < -0.4 is 5.32 Å². The molecule has 11 heteroatoms. The number of hydrogen-bond acceptors (Lipinski definition) is 5. The Hall–Kier alpha value is -2.79. The van der Waals surface area contributed by atoms with E-state index in [1.165, 1.54) is 53.2 Å². The molecule has 1 aromatic heterocycles. The Morgan fingerprint density at radius 3 is 2.50 bits per heavy atom. The Labute approximate surface area is 174 Å². The molecule has 0 fully saturated rings. The predicted molar refractivity (Wildman–Crippen MR) is 106 cm³/mol. The number of alkyl halides is 2. The van der Waals surface area contributed by atoms with Gasteiger partial charge >= 0.3 is 0 Å². The molecule has 6 nitrogen and oxygen atoms in total. The quantitative estimate of drug-likeness (QED) is 0.591. The first-order valence-electron chi connectivity index (χ1n) is 8.66. The molecule has 2 aromatic carbocycles. The molecule has 0 aliphatic carbocycles. The van der Waals surface area contributed by atoms with Crippen molar-refractivity contribution in [2.45, 2.75) is 22.2 Å². The van der Waals surface area contributed by atoms with Gasteiger partial charge in [0.05, 0.1) is 28.5 Å². The molecule has 0 saturated carbocycles. The van der Waals surface area contributed by atoms with Crippen molar-refractivity contribution < 1.29 is 26.4 Å². The van der Waals surface area contributed by atoms with Crippen molar-refractivity contribution in [3.63, 3.8) is 0 Å². The summed E-state index contributed by atoms with van der Waals surface area (Å²) in [5.41, 5.74) is 1.04. The molecule has 0 radical (unpaired) electrons. The Balaban J connectivity index is 1.75. The lowest BCUT2D eigenvalue weighted by Crippen LogP contribution is -2.17. The van der Waals surface area contributed by atoms with Crippen molar-refractivity contribution >= 4 is 33.3 Å². The molecule has 1 amide bonds. The van der Waals surface area contributed by atoms with Crippen LogP contribution in [-0.4, -0.2) is 29.9 Å². The number of nitrogens with one attached hydrogen (secondary N) is 1. The second kappa shape index (κ2) is 7.80. The zero-order valence-electron chi connectivity index (χ0n) is 15.2. The number of amides is 1. The Kier molecular flexibility index (Phi) is 5.33. The lowest BCUT2D eigenvalue weighted by atomic mass is 10.2. The molecule has 4 rings (SSSR count). The number of fused-ring (bicyclic) bond motifs is 1. The minimum absolute atomic E-state index is 0.0178. The van der Waals surface area contributed by atoms with Crippen molar-refractivity contribution in [3.8, 4) is 5.69 Å². The molecule has 2 heterocycles. The average Bonchev–Trinajstić information content (AvgIpc) is 3.15. The van der Waals surface area contributed by atoms with Crippen molar-refractivity contribution in [2.24, 2.45) is 0 Å². The fraction of sp³-hybridized carbons (Fsp3) is 0.158. The molecule has 0 bridgehead atoms. The van der Waals surface area contributed by atoms with Crippen molar-refractivity contribution in [2.75, 3.05) is 5.32 Å². The summed E-state index contributed by atoms with van der Waals surface area (Å²) in [7, 11) is -3.41. The van der Waals surface area contributed by atoms with Crippen LogP contribution in [0.3, 0.4) is 0 Å². The van der Waals surface area contributed by atoms with Gasteiger partial charge in [0.1, 0.15) is 11.6 Å². The lowest BCUT2D eigenvalue weighted by molar-refractivity contribution is 0.102. The maximum Gasteiger partial charge on any atom is 0.288 e. The number of carbonyl (C=O) groups is 1. The average molecular weight is 453 g/mol. The Morgan fingerprint density at radius 2 is 1.80 bits per heavy atom. The molecule has 156 valence electrons. The van der Waals surface area contributed by atoms with Gasteiger partial charge in [0.15, 0.2) is 9.84 Å². The molecule has 0 spiro atoms. The highest BCUT2D eigenvalue weighted by Crippen LogP contribution is 2.34. The van der Waals surface area contributed by atoms with E-state index in [2.05, 4.69) is 10.4 Å². The number of halogens is 3. The summed E-state index contributed by atoms with van der Waals surface area (Å²) < 4.78 is 64.4. The highest BCUT2D eigenvalue weighted by molar-refractivity contribution is 7.99. The molecule has 0 unspecified atom stereocenters. The van der Waals surface area contributed by atoms with E-state index in [0.717, 1.165) is 0 Å². The zero-order chi connectivity index (χ0) is 21.5. The minimum atomic E-state index is -3.41. The highest BCUT2D eigenvalue weighted by atomic mass is 32.2. The van der Waals surface area contributed by atoms with Gasteiger partial charge in [-0.05, 0) is 36.4 Å². The molecule has 30 heavy (non-hydrogen) atoms. The van der Waals surface area contributed by atoms with Gasteiger partial charge in [-0.25, -0.2) is 17.5 Å². The van der Waals surface area contributed by atoms with E-state index in [1.54, 1.807) is 0 Å². The summed E-state index contributed by atoms with van der Waals surface area (Å²) >= 11 is 0.239. The van der Waals surface area contributed by atoms with Crippen LogP contribution in [-0.2, 0) is 21.3 Å². The number of anilines is 1. The highest BCUT2D eigenvalue weighted by Gasteiger charge is 2.33. The first-order valence-corrected chi connectivity index (χ1v) is 11.4. The number of rotatable bonds is 5. The third-order valence-electron chi connectivity index (χ3n) is 4.44. The zero-order valence-corrected chi connectivity index (χ0v) is 16.8. The third kappa shape index (κ3) is 4.08. The summed E-state index contributed by atoms with van der Waals surface area (Å²) in [4.78, 5) is 13.0. The monoisotopic (exact) mass is 453 g/mol. The lowest BCUT2D eigenvalue weighted by Gasteiger charge is -2.13. The van der Waals surface area contributed by atoms with E-state index in [-0.39, 0.29) is 45.2 Å². The fourth-order valence-electron chi connectivity index (χ4n) is 3.17. The molecule has 1 aliphatic heterocycles. The topological polar surface area (TPSA) is 81.1 Å². The molecule has 0 saturated heterocycles. The van der Waals surface area contributed by atoms with Crippen LogP contribution in [0.25, 0.3) is 5.69 Å². The molecular weight excluding hydrogens is 439 g/mol. The number of hydrogen-bond donors (Lipinski definition) is 1. The number of thioether (sulfide) groups is 1. The van der Waals surface area contributed by atoms with E-state index >= 15 is 0 Å². The van der Waals surface area contributed by atoms with E-state index < -0.39 is 27.3 Å². The summed E-state index contributed by atoms with van der Waals surface area (Å²) in [5, 5.41) is 6.90. The molecule has 0 atom stereocenters. The number of nitrogens with zero attached hydrogens (tertiary/aromatic N) is 2. The van der Waals surface area contributed by atoms with Gasteiger partial charge in [-0.15, -0.1) is 0 Å². The summed E-state index contributed by atoms with van der Waals surface area (Å²) in [6.07, 6.45) is 0. The first kappa shape index (κ1) is 20.5. The summed E-state index contributed by atoms with van der Waals surface area (Å²) in [5.74, 6) is -4.35. The second-order valence-electron chi connectivity index (χ2n) is 6.52. The molecule has 3 aromatic rings. The van der Waals surface area contributed by atoms with Crippen LogP contribution in [0.4, 0.5) is 19.0 Å². The SMILES string of the molecule is O=C(Nc1c2c(nn1-c1ccc(F)cc1)CS(=O)(=O)C2)c1ccccc1SC(F)F. The molecular formula is C19H14F3N3O3S2. The van der Waals surface area contributed by atoms with E-state index in [4.69, 9.17) is 0 Å². The minimum Gasteiger partial charge on any atom is -0.306 e. The normalized spacial score (nSPS) is 14.7. The number of aromatic nitrogens is 2. The number of benzene rings is 2. The van der Waals surface area contributed by atoms with Crippen LogP contribution in [0.15, 0.2) is 53.4 Å². The fourth-order valence-corrected chi connectivity index (χ4v) is 5.30. The van der Waals surface area contributed by atoms with Crippen LogP contribution in [0.2, 0.25) is 0 Å². The number of sulfone groups is 1. The molecule has 1 N–H and O–H groups in total. The first-order chi connectivity index (χ1) is 14.2. The Morgan fingerprint density at radius 1 is 1.10 bits per heavy atom. The van der Waals surface area contributed by atoms with Gasteiger partial charge < -0.3 is 5.32 Å². The summed E-state index contributed by atoms with van der Waals surface area (Å²) in [6.45, 7) is 0. The van der Waals surface area contributed by atoms with Crippen LogP contribution in [0.1, 0.15) is 21.6 Å². The van der Waals surface area contributed by atoms with Crippen LogP contribution in [0, 0.1) is 5.82 Å². The smallest absolute Gasteiger partial charge is 0.288 e. The maximum atomic E-state index is 13.3. The maximum absolute atomic E-state index is 13.3. The number of carbonyl (C=O) groups excluding carboxylic acids is 1. The van der Waals surface area contributed by atoms with Gasteiger partial charge in [0, 0.05) is 10.5 Å².